The van der Waals surface area contributed by atoms with Gasteiger partial charge in [0.25, 0.3) is 0 Å². The van der Waals surface area contributed by atoms with E-state index in [-0.39, 0.29) is 29.9 Å². The summed E-state index contributed by atoms with van der Waals surface area (Å²) >= 11 is 5.98. The fourth-order valence-corrected chi connectivity index (χ4v) is 2.37. The van der Waals surface area contributed by atoms with Gasteiger partial charge in [-0.1, -0.05) is 41.9 Å². The third-order valence-electron chi connectivity index (χ3n) is 3.53. The van der Waals surface area contributed by atoms with Crippen LogP contribution in [0.15, 0.2) is 48.5 Å². The van der Waals surface area contributed by atoms with Crippen molar-refractivity contribution in [2.45, 2.75) is 18.9 Å². The summed E-state index contributed by atoms with van der Waals surface area (Å²) in [7, 11) is 0. The summed E-state index contributed by atoms with van der Waals surface area (Å²) in [4.78, 5) is 35.4. The van der Waals surface area contributed by atoms with Gasteiger partial charge in [0.2, 0.25) is 5.91 Å². The molecule has 0 aliphatic heterocycles. The minimum Gasteiger partial charge on any atom is -0.481 e. The lowest BCUT2D eigenvalue weighted by atomic mass is 10.0. The van der Waals surface area contributed by atoms with Crippen molar-refractivity contribution in [1.29, 1.82) is 0 Å². The van der Waals surface area contributed by atoms with Crippen LogP contribution in [0.2, 0.25) is 5.02 Å². The highest BCUT2D eigenvalue weighted by Gasteiger charge is 2.19. The molecule has 130 valence electrons. The number of ketones is 1. The molecular weight excluding hydrogens is 344 g/mol. The summed E-state index contributed by atoms with van der Waals surface area (Å²) in [5.41, 5.74) is 6.65. The van der Waals surface area contributed by atoms with Gasteiger partial charge in [-0.15, -0.1) is 0 Å². The van der Waals surface area contributed by atoms with Crippen LogP contribution in [-0.2, 0) is 9.59 Å². The van der Waals surface area contributed by atoms with Gasteiger partial charge in [-0.2, -0.15) is 0 Å². The topological polar surface area (TPSA) is 109 Å². The lowest BCUT2D eigenvalue weighted by Crippen LogP contribution is -2.36. The average molecular weight is 361 g/mol. The fourth-order valence-electron chi connectivity index (χ4n) is 2.19. The van der Waals surface area contributed by atoms with E-state index in [9.17, 15) is 14.4 Å². The first-order chi connectivity index (χ1) is 11.9. The Hall–Kier alpha value is -2.70. The van der Waals surface area contributed by atoms with E-state index in [4.69, 9.17) is 22.4 Å². The van der Waals surface area contributed by atoms with Crippen molar-refractivity contribution in [3.8, 4) is 0 Å². The summed E-state index contributed by atoms with van der Waals surface area (Å²) in [6, 6.07) is 12.1. The molecule has 0 heterocycles. The number of halogens is 1. The number of nitrogens with one attached hydrogen (secondary N) is 1. The van der Waals surface area contributed by atoms with Crippen molar-refractivity contribution in [2.75, 3.05) is 5.32 Å². The number of rotatable bonds is 7. The number of benzene rings is 2. The number of anilines is 1. The van der Waals surface area contributed by atoms with E-state index < -0.39 is 17.9 Å². The van der Waals surface area contributed by atoms with Crippen molar-refractivity contribution >= 4 is 34.9 Å². The molecule has 2 aromatic rings. The molecule has 0 spiro atoms. The SMILES string of the molecule is NC(CCC(=O)O)C(=O)Nc1ccc(Cl)cc1C(=O)c1ccccc1. The molecule has 1 amide bonds. The maximum absolute atomic E-state index is 12.7. The van der Waals surface area contributed by atoms with E-state index in [1.165, 1.54) is 12.1 Å². The van der Waals surface area contributed by atoms with Gasteiger partial charge >= 0.3 is 5.97 Å². The molecule has 1 unspecified atom stereocenters. The largest absolute Gasteiger partial charge is 0.481 e. The first-order valence-electron chi connectivity index (χ1n) is 7.56. The third kappa shape index (κ3) is 5.14. The van der Waals surface area contributed by atoms with Gasteiger partial charge in [-0.25, -0.2) is 0 Å². The van der Waals surface area contributed by atoms with Crippen molar-refractivity contribution in [3.05, 3.63) is 64.7 Å². The summed E-state index contributed by atoms with van der Waals surface area (Å²) in [6.45, 7) is 0. The van der Waals surface area contributed by atoms with Crippen LogP contribution < -0.4 is 11.1 Å². The van der Waals surface area contributed by atoms with Crippen molar-refractivity contribution in [2.24, 2.45) is 5.73 Å². The standard InChI is InChI=1S/C18H17ClN2O4/c19-12-6-8-15(21-18(25)14(20)7-9-16(22)23)13(10-12)17(24)11-4-2-1-3-5-11/h1-6,8,10,14H,7,9,20H2,(H,21,25)(H,22,23). The van der Waals surface area contributed by atoms with E-state index in [0.717, 1.165) is 0 Å². The molecule has 1 atom stereocenters. The molecule has 0 aliphatic carbocycles. The van der Waals surface area contributed by atoms with Gasteiger partial charge in [0, 0.05) is 22.6 Å². The summed E-state index contributed by atoms with van der Waals surface area (Å²) < 4.78 is 0. The second kappa shape index (κ2) is 8.41. The lowest BCUT2D eigenvalue weighted by Gasteiger charge is -2.14. The van der Waals surface area contributed by atoms with Crippen LogP contribution in [0, 0.1) is 0 Å². The Morgan fingerprint density at radius 3 is 2.44 bits per heavy atom. The van der Waals surface area contributed by atoms with E-state index in [0.29, 0.717) is 10.6 Å². The zero-order valence-corrected chi connectivity index (χ0v) is 14.0. The monoisotopic (exact) mass is 360 g/mol. The minimum absolute atomic E-state index is 0.00325. The number of carboxylic acids is 1. The number of carboxylic acid groups (broad SMARTS) is 1. The Bertz CT molecular complexity index is 793. The quantitative estimate of drug-likeness (QED) is 0.657. The average Bonchev–Trinajstić information content (AvgIpc) is 2.61. The van der Waals surface area contributed by atoms with E-state index in [2.05, 4.69) is 5.32 Å². The molecule has 0 saturated heterocycles. The zero-order chi connectivity index (χ0) is 18.4. The van der Waals surface area contributed by atoms with Crippen LogP contribution in [-0.4, -0.2) is 28.8 Å². The highest BCUT2D eigenvalue weighted by Crippen LogP contribution is 2.24. The van der Waals surface area contributed by atoms with Crippen molar-refractivity contribution in [1.82, 2.24) is 0 Å². The molecular formula is C18H17ClN2O4. The Kier molecular flexibility index (Phi) is 6.27. The molecule has 0 fully saturated rings. The smallest absolute Gasteiger partial charge is 0.303 e. The maximum atomic E-state index is 12.7. The maximum Gasteiger partial charge on any atom is 0.303 e. The second-order valence-electron chi connectivity index (χ2n) is 5.41. The molecule has 0 saturated carbocycles. The highest BCUT2D eigenvalue weighted by molar-refractivity contribution is 6.31. The fraction of sp³-hybridized carbons (Fsp3) is 0.167. The van der Waals surface area contributed by atoms with Crippen molar-refractivity contribution < 1.29 is 19.5 Å². The first kappa shape index (κ1) is 18.6. The molecule has 4 N–H and O–H groups in total. The van der Waals surface area contributed by atoms with Crippen LogP contribution in [0.1, 0.15) is 28.8 Å². The van der Waals surface area contributed by atoms with Crippen LogP contribution >= 0.6 is 11.6 Å². The number of aliphatic carboxylic acids is 1. The normalized spacial score (nSPS) is 11.6. The summed E-state index contributed by atoms with van der Waals surface area (Å²) in [6.07, 6.45) is -0.221. The van der Waals surface area contributed by atoms with Crippen LogP contribution in [0.4, 0.5) is 5.69 Å². The molecule has 0 bridgehead atoms. The predicted molar refractivity (Wildman–Crippen MR) is 94.8 cm³/mol. The molecule has 25 heavy (non-hydrogen) atoms. The number of nitrogens with two attached hydrogens (primary N) is 1. The van der Waals surface area contributed by atoms with Crippen LogP contribution in [0.5, 0.6) is 0 Å². The van der Waals surface area contributed by atoms with Gasteiger partial charge in [-0.3, -0.25) is 14.4 Å². The second-order valence-corrected chi connectivity index (χ2v) is 5.85. The Balaban J connectivity index is 2.22. The summed E-state index contributed by atoms with van der Waals surface area (Å²) in [5.74, 6) is -1.89. The van der Waals surface area contributed by atoms with Gasteiger partial charge in [0.05, 0.1) is 11.7 Å². The van der Waals surface area contributed by atoms with E-state index >= 15 is 0 Å². The number of carbonyl (C=O) groups excluding carboxylic acids is 2. The van der Waals surface area contributed by atoms with Gasteiger partial charge in [-0.05, 0) is 24.6 Å². The Labute approximate surface area is 149 Å². The third-order valence-corrected chi connectivity index (χ3v) is 3.76. The predicted octanol–water partition coefficient (Wildman–Crippen LogP) is 2.70. The lowest BCUT2D eigenvalue weighted by molar-refractivity contribution is -0.137. The zero-order valence-electron chi connectivity index (χ0n) is 13.2. The highest BCUT2D eigenvalue weighted by atomic mass is 35.5. The molecule has 0 radical (unpaired) electrons. The van der Waals surface area contributed by atoms with E-state index in [1.807, 2.05) is 0 Å². The van der Waals surface area contributed by atoms with E-state index in [1.54, 1.807) is 36.4 Å². The number of hydrogen-bond acceptors (Lipinski definition) is 4. The van der Waals surface area contributed by atoms with Crippen LogP contribution in [0.25, 0.3) is 0 Å². The summed E-state index contributed by atoms with van der Waals surface area (Å²) in [5, 5.41) is 11.6. The first-order valence-corrected chi connectivity index (χ1v) is 7.94. The molecule has 6 nitrogen and oxygen atoms in total. The van der Waals surface area contributed by atoms with Gasteiger partial charge in [0.15, 0.2) is 5.78 Å². The van der Waals surface area contributed by atoms with Crippen LogP contribution in [0.3, 0.4) is 0 Å². The van der Waals surface area contributed by atoms with Gasteiger partial charge < -0.3 is 16.2 Å². The molecule has 2 aromatic carbocycles. The van der Waals surface area contributed by atoms with Gasteiger partial charge in [0.1, 0.15) is 0 Å². The minimum atomic E-state index is -1.03. The Morgan fingerprint density at radius 2 is 1.80 bits per heavy atom. The number of carbonyl (C=O) groups is 3. The molecule has 2 rings (SSSR count). The van der Waals surface area contributed by atoms with Crippen molar-refractivity contribution in [3.63, 3.8) is 0 Å². The number of amides is 1. The Morgan fingerprint density at radius 1 is 1.12 bits per heavy atom. The molecule has 0 aliphatic rings. The molecule has 0 aromatic heterocycles. The number of hydrogen-bond donors (Lipinski definition) is 3. The molecule has 7 heteroatoms.